The Kier molecular flexibility index (Phi) is 4.63. The van der Waals surface area contributed by atoms with Gasteiger partial charge in [0.05, 0.1) is 0 Å². The lowest BCUT2D eigenvalue weighted by Crippen LogP contribution is -2.24. The Hall–Kier alpha value is -3.15. The van der Waals surface area contributed by atoms with Crippen molar-refractivity contribution < 1.29 is 9.32 Å². The average Bonchev–Trinajstić information content (AvgIpc) is 3.28. The van der Waals surface area contributed by atoms with E-state index in [1.165, 1.54) is 0 Å². The number of rotatable bonds is 4. The quantitative estimate of drug-likeness (QED) is 0.690. The van der Waals surface area contributed by atoms with Crippen LogP contribution in [0.1, 0.15) is 29.3 Å². The Morgan fingerprint density at radius 1 is 1.11 bits per heavy atom. The number of carbonyl (C=O) groups excluding carboxylic acids is 1. The van der Waals surface area contributed by atoms with Crippen LogP contribution in [0.3, 0.4) is 0 Å². The maximum Gasteiger partial charge on any atom is 0.258 e. The molecule has 6 nitrogen and oxygen atoms in total. The summed E-state index contributed by atoms with van der Waals surface area (Å²) in [6.45, 7) is 4.65. The van der Waals surface area contributed by atoms with E-state index in [-0.39, 0.29) is 11.8 Å². The zero-order valence-corrected chi connectivity index (χ0v) is 16.6. The number of benzene rings is 2. The number of aryl methyl sites for hydroxylation is 2. The van der Waals surface area contributed by atoms with Crippen molar-refractivity contribution in [1.82, 2.24) is 10.1 Å². The molecular weight excluding hydrogens is 352 g/mol. The second-order valence-corrected chi connectivity index (χ2v) is 7.65. The van der Waals surface area contributed by atoms with E-state index in [0.717, 1.165) is 28.1 Å². The van der Waals surface area contributed by atoms with E-state index in [9.17, 15) is 4.79 Å². The summed E-state index contributed by atoms with van der Waals surface area (Å²) in [6.07, 6.45) is 0.393. The third-order valence-corrected chi connectivity index (χ3v) is 5.06. The van der Waals surface area contributed by atoms with E-state index in [4.69, 9.17) is 4.52 Å². The molecule has 3 aromatic rings. The first-order valence-electron chi connectivity index (χ1n) is 9.41. The molecule has 2 heterocycles. The van der Waals surface area contributed by atoms with Gasteiger partial charge in [-0.05, 0) is 55.3 Å². The van der Waals surface area contributed by atoms with Crippen molar-refractivity contribution in [2.24, 2.45) is 0 Å². The predicted molar refractivity (Wildman–Crippen MR) is 110 cm³/mol. The zero-order valence-electron chi connectivity index (χ0n) is 16.6. The zero-order chi connectivity index (χ0) is 19.8. The smallest absolute Gasteiger partial charge is 0.258 e. The summed E-state index contributed by atoms with van der Waals surface area (Å²) >= 11 is 0. The highest BCUT2D eigenvalue weighted by molar-refractivity contribution is 5.96. The molecule has 1 atom stereocenters. The molecule has 1 fully saturated rings. The summed E-state index contributed by atoms with van der Waals surface area (Å²) in [7, 11) is 3.98. The normalized spacial score (nSPS) is 16.6. The third-order valence-electron chi connectivity index (χ3n) is 5.06. The SMILES string of the molecule is Cc1cc(C)cc(N2CC(c3noc(-c4cccc(N(C)C)c4)n3)CC2=O)c1. The van der Waals surface area contributed by atoms with E-state index in [1.807, 2.05) is 74.1 Å². The van der Waals surface area contributed by atoms with Crippen molar-refractivity contribution in [2.75, 3.05) is 30.4 Å². The molecule has 1 aliphatic rings. The fraction of sp³-hybridized carbons (Fsp3) is 0.318. The number of aromatic nitrogens is 2. The molecular formula is C22H24N4O2. The van der Waals surface area contributed by atoms with E-state index in [1.54, 1.807) is 0 Å². The number of amides is 1. The summed E-state index contributed by atoms with van der Waals surface area (Å²) in [6, 6.07) is 14.1. The molecule has 0 bridgehead atoms. The molecule has 0 spiro atoms. The minimum atomic E-state index is -0.0668. The van der Waals surface area contributed by atoms with Crippen LogP contribution in [-0.4, -0.2) is 36.7 Å². The van der Waals surface area contributed by atoms with Crippen molar-refractivity contribution in [3.05, 3.63) is 59.4 Å². The first-order valence-corrected chi connectivity index (χ1v) is 9.41. The molecule has 28 heavy (non-hydrogen) atoms. The highest BCUT2D eigenvalue weighted by Crippen LogP contribution is 2.32. The molecule has 4 rings (SSSR count). The van der Waals surface area contributed by atoms with Gasteiger partial charge in [0.15, 0.2) is 5.82 Å². The van der Waals surface area contributed by atoms with Crippen molar-refractivity contribution in [3.8, 4) is 11.5 Å². The van der Waals surface area contributed by atoms with Crippen molar-refractivity contribution in [1.29, 1.82) is 0 Å². The Bertz CT molecular complexity index is 1000. The molecule has 1 saturated heterocycles. The van der Waals surface area contributed by atoms with Crippen molar-refractivity contribution >= 4 is 17.3 Å². The van der Waals surface area contributed by atoms with Gasteiger partial charge in [-0.1, -0.05) is 17.3 Å². The molecule has 0 radical (unpaired) electrons. The second-order valence-electron chi connectivity index (χ2n) is 7.65. The molecule has 0 aliphatic carbocycles. The largest absolute Gasteiger partial charge is 0.378 e. The van der Waals surface area contributed by atoms with E-state index < -0.39 is 0 Å². The molecule has 1 unspecified atom stereocenters. The number of hydrogen-bond acceptors (Lipinski definition) is 5. The van der Waals surface area contributed by atoms with Gasteiger partial charge in [0, 0.05) is 49.9 Å². The molecule has 1 aliphatic heterocycles. The van der Waals surface area contributed by atoms with Crippen LogP contribution in [0.25, 0.3) is 11.5 Å². The van der Waals surface area contributed by atoms with Gasteiger partial charge in [-0.25, -0.2) is 0 Å². The highest BCUT2D eigenvalue weighted by atomic mass is 16.5. The monoisotopic (exact) mass is 376 g/mol. The predicted octanol–water partition coefficient (Wildman–Crippen LogP) is 3.94. The fourth-order valence-corrected chi connectivity index (χ4v) is 3.67. The van der Waals surface area contributed by atoms with Crippen LogP contribution in [0.2, 0.25) is 0 Å². The Morgan fingerprint density at radius 3 is 2.57 bits per heavy atom. The molecule has 2 aromatic carbocycles. The van der Waals surface area contributed by atoms with Crippen LogP contribution in [0.4, 0.5) is 11.4 Å². The molecule has 0 saturated carbocycles. The van der Waals surface area contributed by atoms with Crippen LogP contribution in [0, 0.1) is 13.8 Å². The molecule has 144 valence electrons. The number of nitrogens with zero attached hydrogens (tertiary/aromatic N) is 4. The van der Waals surface area contributed by atoms with Crippen LogP contribution in [0.5, 0.6) is 0 Å². The lowest BCUT2D eigenvalue weighted by atomic mass is 10.1. The molecule has 1 amide bonds. The third kappa shape index (κ3) is 3.50. The summed E-state index contributed by atoms with van der Waals surface area (Å²) in [5, 5.41) is 4.17. The fourth-order valence-electron chi connectivity index (χ4n) is 3.67. The van der Waals surface area contributed by atoms with E-state index >= 15 is 0 Å². The van der Waals surface area contributed by atoms with Gasteiger partial charge in [0.2, 0.25) is 5.91 Å². The van der Waals surface area contributed by atoms with Crippen molar-refractivity contribution in [2.45, 2.75) is 26.2 Å². The minimum absolute atomic E-state index is 0.0668. The Labute approximate surface area is 164 Å². The van der Waals surface area contributed by atoms with Crippen LogP contribution in [0.15, 0.2) is 47.0 Å². The van der Waals surface area contributed by atoms with Gasteiger partial charge in [-0.2, -0.15) is 4.98 Å². The average molecular weight is 376 g/mol. The van der Waals surface area contributed by atoms with Gasteiger partial charge >= 0.3 is 0 Å². The summed E-state index contributed by atoms with van der Waals surface area (Å²) in [4.78, 5) is 21.0. The summed E-state index contributed by atoms with van der Waals surface area (Å²) in [5.74, 6) is 1.10. The maximum atomic E-state index is 12.6. The first kappa shape index (κ1) is 18.2. The first-order chi connectivity index (χ1) is 13.4. The van der Waals surface area contributed by atoms with Gasteiger partial charge in [-0.3, -0.25) is 4.79 Å². The Balaban J connectivity index is 1.56. The lowest BCUT2D eigenvalue weighted by molar-refractivity contribution is -0.117. The van der Waals surface area contributed by atoms with Gasteiger partial charge in [-0.15, -0.1) is 0 Å². The number of anilines is 2. The van der Waals surface area contributed by atoms with Gasteiger partial charge in [0.1, 0.15) is 0 Å². The highest BCUT2D eigenvalue weighted by Gasteiger charge is 2.34. The van der Waals surface area contributed by atoms with Crippen LogP contribution < -0.4 is 9.80 Å². The number of carbonyl (C=O) groups is 1. The van der Waals surface area contributed by atoms with E-state index in [0.29, 0.717) is 24.7 Å². The van der Waals surface area contributed by atoms with Crippen LogP contribution in [-0.2, 0) is 4.79 Å². The Morgan fingerprint density at radius 2 is 1.86 bits per heavy atom. The molecule has 0 N–H and O–H groups in total. The maximum absolute atomic E-state index is 12.6. The van der Waals surface area contributed by atoms with Crippen LogP contribution >= 0.6 is 0 Å². The number of hydrogen-bond donors (Lipinski definition) is 0. The van der Waals surface area contributed by atoms with E-state index in [2.05, 4.69) is 16.2 Å². The minimum Gasteiger partial charge on any atom is -0.378 e. The molecule has 1 aromatic heterocycles. The lowest BCUT2D eigenvalue weighted by Gasteiger charge is -2.17. The standard InChI is InChI=1S/C22H24N4O2/c1-14-8-15(2)10-19(9-14)26-13-17(12-20(26)27)21-23-22(28-24-21)16-6-5-7-18(11-16)25(3)4/h5-11,17H,12-13H2,1-4H3. The second kappa shape index (κ2) is 7.11. The topological polar surface area (TPSA) is 62.5 Å². The summed E-state index contributed by atoms with van der Waals surface area (Å²) in [5.41, 5.74) is 5.17. The molecule has 6 heteroatoms. The van der Waals surface area contributed by atoms with Gasteiger partial charge in [0.25, 0.3) is 5.89 Å². The van der Waals surface area contributed by atoms with Crippen molar-refractivity contribution in [3.63, 3.8) is 0 Å². The van der Waals surface area contributed by atoms with Gasteiger partial charge < -0.3 is 14.3 Å². The summed E-state index contributed by atoms with van der Waals surface area (Å²) < 4.78 is 5.50.